The minimum Gasteiger partial charge on any atom is -0.353 e. The zero-order chi connectivity index (χ0) is 16.9. The largest absolute Gasteiger partial charge is 0.353 e. The van der Waals surface area contributed by atoms with Crippen LogP contribution in [-0.4, -0.2) is 26.9 Å². The van der Waals surface area contributed by atoms with Crippen molar-refractivity contribution in [2.45, 2.75) is 49.5 Å². The van der Waals surface area contributed by atoms with Crippen LogP contribution in [0.4, 0.5) is 4.39 Å². The van der Waals surface area contributed by atoms with Crippen LogP contribution in [0.15, 0.2) is 23.1 Å². The Balaban J connectivity index is 1.83. The molecule has 1 fully saturated rings. The van der Waals surface area contributed by atoms with Gasteiger partial charge < -0.3 is 5.32 Å². The summed E-state index contributed by atoms with van der Waals surface area (Å²) >= 11 is 5.60. The Kier molecular flexibility index (Phi) is 6.38. The molecule has 0 unspecified atom stereocenters. The third-order valence-corrected chi connectivity index (χ3v) is 5.53. The molecule has 0 saturated heterocycles. The minimum absolute atomic E-state index is 0.0188. The molecule has 0 heterocycles. The van der Waals surface area contributed by atoms with Crippen molar-refractivity contribution in [2.24, 2.45) is 0 Å². The van der Waals surface area contributed by atoms with E-state index in [2.05, 4.69) is 10.0 Å². The third-order valence-electron chi connectivity index (χ3n) is 3.80. The van der Waals surface area contributed by atoms with Gasteiger partial charge in [0.2, 0.25) is 15.9 Å². The molecule has 5 nitrogen and oxygen atoms in total. The lowest BCUT2D eigenvalue weighted by atomic mass is 9.95. The quantitative estimate of drug-likeness (QED) is 0.816. The van der Waals surface area contributed by atoms with Crippen LogP contribution in [0, 0.1) is 5.82 Å². The van der Waals surface area contributed by atoms with Gasteiger partial charge in [-0.25, -0.2) is 17.5 Å². The molecule has 1 aromatic rings. The first-order valence-electron chi connectivity index (χ1n) is 7.62. The van der Waals surface area contributed by atoms with E-state index in [1.54, 1.807) is 0 Å². The first-order chi connectivity index (χ1) is 10.9. The molecule has 2 rings (SSSR count). The van der Waals surface area contributed by atoms with Crippen LogP contribution in [0.3, 0.4) is 0 Å². The van der Waals surface area contributed by atoms with Crippen LogP contribution in [0.2, 0.25) is 5.02 Å². The van der Waals surface area contributed by atoms with Crippen molar-refractivity contribution in [3.8, 4) is 0 Å². The van der Waals surface area contributed by atoms with Crippen LogP contribution < -0.4 is 10.0 Å². The Morgan fingerprint density at radius 3 is 2.61 bits per heavy atom. The normalized spacial score (nSPS) is 16.3. The van der Waals surface area contributed by atoms with Crippen LogP contribution in [0.25, 0.3) is 0 Å². The smallest absolute Gasteiger partial charge is 0.243 e. The summed E-state index contributed by atoms with van der Waals surface area (Å²) in [6.45, 7) is -0.0804. The summed E-state index contributed by atoms with van der Waals surface area (Å²) in [5.41, 5.74) is 0. The summed E-state index contributed by atoms with van der Waals surface area (Å²) in [6.07, 6.45) is 5.35. The maximum atomic E-state index is 13.7. The highest BCUT2D eigenvalue weighted by Gasteiger charge is 2.20. The second-order valence-electron chi connectivity index (χ2n) is 5.62. The van der Waals surface area contributed by atoms with Gasteiger partial charge in [-0.1, -0.05) is 30.9 Å². The molecular weight excluding hydrogens is 343 g/mol. The molecule has 1 amide bonds. The van der Waals surface area contributed by atoms with E-state index in [1.165, 1.54) is 12.5 Å². The fourth-order valence-electron chi connectivity index (χ4n) is 2.62. The van der Waals surface area contributed by atoms with Crippen molar-refractivity contribution in [1.29, 1.82) is 0 Å². The Morgan fingerprint density at radius 2 is 1.96 bits per heavy atom. The number of carbonyl (C=O) groups excluding carboxylic acids is 1. The summed E-state index contributed by atoms with van der Waals surface area (Å²) in [6, 6.07) is 3.52. The van der Waals surface area contributed by atoms with E-state index in [0.29, 0.717) is 0 Å². The molecule has 0 aromatic heterocycles. The number of hydrogen-bond acceptors (Lipinski definition) is 3. The van der Waals surface area contributed by atoms with Gasteiger partial charge in [0.05, 0.1) is 0 Å². The zero-order valence-electron chi connectivity index (χ0n) is 12.6. The van der Waals surface area contributed by atoms with E-state index < -0.39 is 20.7 Å². The molecule has 0 aliphatic heterocycles. The highest BCUT2D eigenvalue weighted by Crippen LogP contribution is 2.19. The van der Waals surface area contributed by atoms with Crippen molar-refractivity contribution >= 4 is 27.5 Å². The summed E-state index contributed by atoms with van der Waals surface area (Å²) in [4.78, 5) is 11.3. The summed E-state index contributed by atoms with van der Waals surface area (Å²) < 4.78 is 39.9. The SMILES string of the molecule is O=C(CCNS(=O)(=O)c1ccc(Cl)cc1F)NC1CCCCC1. The molecule has 8 heteroatoms. The van der Waals surface area contributed by atoms with E-state index >= 15 is 0 Å². The Bertz CT molecular complexity index is 661. The number of rotatable bonds is 6. The Labute approximate surface area is 140 Å². The van der Waals surface area contributed by atoms with Gasteiger partial charge >= 0.3 is 0 Å². The summed E-state index contributed by atoms with van der Waals surface area (Å²) in [5.74, 6) is -1.12. The van der Waals surface area contributed by atoms with Crippen molar-refractivity contribution in [3.05, 3.63) is 29.0 Å². The summed E-state index contributed by atoms with van der Waals surface area (Å²) in [7, 11) is -4.00. The predicted octanol–water partition coefficient (Wildman–Crippen LogP) is 2.60. The molecule has 0 spiro atoms. The highest BCUT2D eigenvalue weighted by atomic mass is 35.5. The molecule has 0 atom stereocenters. The Morgan fingerprint density at radius 1 is 1.26 bits per heavy atom. The third kappa shape index (κ3) is 5.44. The maximum Gasteiger partial charge on any atom is 0.243 e. The molecular formula is C15H20ClFN2O3S. The number of nitrogens with one attached hydrogen (secondary N) is 2. The maximum absolute atomic E-state index is 13.7. The topological polar surface area (TPSA) is 75.3 Å². The van der Waals surface area contributed by atoms with E-state index in [9.17, 15) is 17.6 Å². The number of hydrogen-bond donors (Lipinski definition) is 2. The molecule has 23 heavy (non-hydrogen) atoms. The molecule has 128 valence electrons. The molecule has 1 aliphatic carbocycles. The number of carbonyl (C=O) groups is 1. The monoisotopic (exact) mass is 362 g/mol. The minimum atomic E-state index is -4.00. The van der Waals surface area contributed by atoms with Gasteiger partial charge in [-0.3, -0.25) is 4.79 Å². The number of amides is 1. The van der Waals surface area contributed by atoms with Crippen LogP contribution in [0.1, 0.15) is 38.5 Å². The first kappa shape index (κ1) is 18.2. The lowest BCUT2D eigenvalue weighted by molar-refractivity contribution is -0.121. The van der Waals surface area contributed by atoms with E-state index in [0.717, 1.165) is 37.8 Å². The zero-order valence-corrected chi connectivity index (χ0v) is 14.2. The van der Waals surface area contributed by atoms with Crippen molar-refractivity contribution in [2.75, 3.05) is 6.54 Å². The van der Waals surface area contributed by atoms with Gasteiger partial charge in [0.15, 0.2) is 0 Å². The lowest BCUT2D eigenvalue weighted by Gasteiger charge is -2.22. The molecule has 1 aliphatic rings. The molecule has 0 radical (unpaired) electrons. The first-order valence-corrected chi connectivity index (χ1v) is 9.49. The number of benzene rings is 1. The average Bonchev–Trinajstić information content (AvgIpc) is 2.47. The number of sulfonamides is 1. The second-order valence-corrected chi connectivity index (χ2v) is 7.80. The Hall–Kier alpha value is -1.18. The fraction of sp³-hybridized carbons (Fsp3) is 0.533. The standard InChI is InChI=1S/C15H20ClFN2O3S/c16-11-6-7-14(13(17)10-11)23(21,22)18-9-8-15(20)19-12-4-2-1-3-5-12/h6-7,10,12,18H,1-5,8-9H2,(H,19,20). The molecule has 0 bridgehead atoms. The fourth-order valence-corrected chi connectivity index (χ4v) is 3.86. The van der Waals surface area contributed by atoms with Gasteiger partial charge in [0.25, 0.3) is 0 Å². The average molecular weight is 363 g/mol. The predicted molar refractivity (Wildman–Crippen MR) is 86.2 cm³/mol. The second kappa shape index (κ2) is 8.08. The van der Waals surface area contributed by atoms with Gasteiger partial charge in [-0.15, -0.1) is 0 Å². The lowest BCUT2D eigenvalue weighted by Crippen LogP contribution is -2.38. The van der Waals surface area contributed by atoms with Crippen molar-refractivity contribution < 1.29 is 17.6 Å². The molecule has 2 N–H and O–H groups in total. The van der Waals surface area contributed by atoms with Crippen LogP contribution in [-0.2, 0) is 14.8 Å². The van der Waals surface area contributed by atoms with Gasteiger partial charge in [0, 0.05) is 24.0 Å². The van der Waals surface area contributed by atoms with E-state index in [4.69, 9.17) is 11.6 Å². The number of halogens is 2. The molecule has 1 aromatic carbocycles. The van der Waals surface area contributed by atoms with Crippen LogP contribution >= 0.6 is 11.6 Å². The van der Waals surface area contributed by atoms with Gasteiger partial charge in [-0.2, -0.15) is 0 Å². The highest BCUT2D eigenvalue weighted by molar-refractivity contribution is 7.89. The van der Waals surface area contributed by atoms with Gasteiger partial charge in [-0.05, 0) is 31.0 Å². The van der Waals surface area contributed by atoms with Crippen molar-refractivity contribution in [3.63, 3.8) is 0 Å². The summed E-state index contributed by atoms with van der Waals surface area (Å²) in [5, 5.41) is 3.02. The molecule has 1 saturated carbocycles. The van der Waals surface area contributed by atoms with E-state index in [1.807, 2.05) is 0 Å². The van der Waals surface area contributed by atoms with E-state index in [-0.39, 0.29) is 29.9 Å². The van der Waals surface area contributed by atoms with Crippen molar-refractivity contribution in [1.82, 2.24) is 10.0 Å². The van der Waals surface area contributed by atoms with Crippen LogP contribution in [0.5, 0.6) is 0 Å². The van der Waals surface area contributed by atoms with Gasteiger partial charge in [0.1, 0.15) is 10.7 Å².